The number of anilines is 2. The summed E-state index contributed by atoms with van der Waals surface area (Å²) in [4.78, 5) is 28.4. The number of hydrogen-bond acceptors (Lipinski definition) is 4. The number of aryl methyl sites for hydroxylation is 1. The van der Waals surface area contributed by atoms with E-state index in [1.165, 1.54) is 11.3 Å². The summed E-state index contributed by atoms with van der Waals surface area (Å²) in [6.07, 6.45) is 0.133. The summed E-state index contributed by atoms with van der Waals surface area (Å²) in [7, 11) is 0. The summed E-state index contributed by atoms with van der Waals surface area (Å²) in [5.41, 5.74) is 1.74. The second-order valence-corrected chi connectivity index (χ2v) is 7.83. The van der Waals surface area contributed by atoms with Gasteiger partial charge in [0.2, 0.25) is 11.8 Å². The fraction of sp³-hybridized carbons (Fsp3) is 0.353. The zero-order valence-corrected chi connectivity index (χ0v) is 15.6. The molecule has 1 aromatic heterocycles. The number of amides is 2. The van der Waals surface area contributed by atoms with E-state index in [-0.39, 0.29) is 18.2 Å². The number of carbonyl (C=O) groups excluding carboxylic acids is 2. The number of thiazole rings is 1. The number of carbonyl (C=O) groups is 2. The van der Waals surface area contributed by atoms with Gasteiger partial charge in [0, 0.05) is 21.5 Å². The summed E-state index contributed by atoms with van der Waals surface area (Å²) in [6, 6.07) is 5.34. The third-order valence-corrected chi connectivity index (χ3v) is 4.31. The standard InChI is InChI=1S/C17H20ClN3O2S/c1-10-5-6-11(18)7-13(10)20-14(22)8-12-9-24-16(19-12)21-15(23)17(2,3)4/h5-7,9H,8H2,1-4H3,(H,20,22)(H,19,21,23). The molecule has 2 rings (SSSR count). The second-order valence-electron chi connectivity index (χ2n) is 6.53. The molecular weight excluding hydrogens is 346 g/mol. The van der Waals surface area contributed by atoms with Crippen molar-refractivity contribution >= 4 is 45.6 Å². The first-order valence-electron chi connectivity index (χ1n) is 7.47. The fourth-order valence-corrected chi connectivity index (χ4v) is 2.70. The van der Waals surface area contributed by atoms with Crippen LogP contribution in [-0.2, 0) is 16.0 Å². The molecule has 128 valence electrons. The molecule has 0 bridgehead atoms. The van der Waals surface area contributed by atoms with Crippen LogP contribution in [0, 0.1) is 12.3 Å². The molecule has 0 radical (unpaired) electrons. The highest BCUT2D eigenvalue weighted by Gasteiger charge is 2.22. The number of nitrogens with zero attached hydrogens (tertiary/aromatic N) is 1. The Balaban J connectivity index is 1.98. The van der Waals surface area contributed by atoms with E-state index in [9.17, 15) is 9.59 Å². The van der Waals surface area contributed by atoms with Crippen LogP contribution in [0.2, 0.25) is 5.02 Å². The lowest BCUT2D eigenvalue weighted by molar-refractivity contribution is -0.123. The number of hydrogen-bond donors (Lipinski definition) is 2. The lowest BCUT2D eigenvalue weighted by Gasteiger charge is -2.15. The lowest BCUT2D eigenvalue weighted by Crippen LogP contribution is -2.27. The molecule has 0 fully saturated rings. The zero-order chi connectivity index (χ0) is 17.9. The highest BCUT2D eigenvalue weighted by molar-refractivity contribution is 7.13. The minimum atomic E-state index is -0.493. The molecule has 2 amide bonds. The SMILES string of the molecule is Cc1ccc(Cl)cc1NC(=O)Cc1csc(NC(=O)C(C)(C)C)n1. The third kappa shape index (κ3) is 5.04. The van der Waals surface area contributed by atoms with Gasteiger partial charge >= 0.3 is 0 Å². The Morgan fingerprint density at radius 2 is 1.96 bits per heavy atom. The molecule has 0 saturated carbocycles. The van der Waals surface area contributed by atoms with E-state index >= 15 is 0 Å². The van der Waals surface area contributed by atoms with Crippen LogP contribution in [0.15, 0.2) is 23.6 Å². The number of halogens is 1. The number of benzene rings is 1. The van der Waals surface area contributed by atoms with Gasteiger partial charge in [-0.1, -0.05) is 38.4 Å². The number of nitrogens with one attached hydrogen (secondary N) is 2. The molecule has 0 aliphatic carbocycles. The highest BCUT2D eigenvalue weighted by atomic mass is 35.5. The monoisotopic (exact) mass is 365 g/mol. The summed E-state index contributed by atoms with van der Waals surface area (Å²) in [5.74, 6) is -0.290. The Kier molecular flexibility index (Phi) is 5.62. The first-order valence-corrected chi connectivity index (χ1v) is 8.73. The van der Waals surface area contributed by atoms with Crippen LogP contribution in [0.1, 0.15) is 32.0 Å². The molecule has 5 nitrogen and oxygen atoms in total. The molecule has 1 heterocycles. The van der Waals surface area contributed by atoms with Crippen molar-refractivity contribution in [2.45, 2.75) is 34.1 Å². The van der Waals surface area contributed by atoms with Crippen LogP contribution in [-0.4, -0.2) is 16.8 Å². The van der Waals surface area contributed by atoms with Crippen LogP contribution >= 0.6 is 22.9 Å². The Morgan fingerprint density at radius 3 is 2.62 bits per heavy atom. The van der Waals surface area contributed by atoms with E-state index in [2.05, 4.69) is 15.6 Å². The molecule has 7 heteroatoms. The van der Waals surface area contributed by atoms with E-state index in [0.29, 0.717) is 21.5 Å². The molecule has 2 aromatic rings. The normalized spacial score (nSPS) is 11.2. The van der Waals surface area contributed by atoms with Crippen LogP contribution < -0.4 is 10.6 Å². The van der Waals surface area contributed by atoms with E-state index < -0.39 is 5.41 Å². The van der Waals surface area contributed by atoms with Gasteiger partial charge in [-0.15, -0.1) is 11.3 Å². The van der Waals surface area contributed by atoms with Crippen molar-refractivity contribution in [3.63, 3.8) is 0 Å². The van der Waals surface area contributed by atoms with Gasteiger partial charge in [0.1, 0.15) is 0 Å². The Labute approximate surface area is 150 Å². The number of aromatic nitrogens is 1. The first-order chi connectivity index (χ1) is 11.1. The van der Waals surface area contributed by atoms with Gasteiger partial charge in [0.05, 0.1) is 12.1 Å². The molecule has 0 aliphatic rings. The smallest absolute Gasteiger partial charge is 0.231 e. The maximum Gasteiger partial charge on any atom is 0.231 e. The largest absolute Gasteiger partial charge is 0.325 e. The van der Waals surface area contributed by atoms with Crippen molar-refractivity contribution < 1.29 is 9.59 Å². The highest BCUT2D eigenvalue weighted by Crippen LogP contribution is 2.22. The topological polar surface area (TPSA) is 71.1 Å². The van der Waals surface area contributed by atoms with Gasteiger partial charge in [-0.2, -0.15) is 0 Å². The minimum absolute atomic E-state index is 0.109. The predicted octanol–water partition coefficient (Wildman–Crippen LogP) is 4.27. The quantitative estimate of drug-likeness (QED) is 0.849. The number of rotatable bonds is 4. The molecule has 0 saturated heterocycles. The van der Waals surface area contributed by atoms with Crippen molar-refractivity contribution in [1.82, 2.24) is 4.98 Å². The zero-order valence-electron chi connectivity index (χ0n) is 14.1. The molecule has 24 heavy (non-hydrogen) atoms. The van der Waals surface area contributed by atoms with Crippen molar-refractivity contribution in [1.29, 1.82) is 0 Å². The van der Waals surface area contributed by atoms with Gasteiger partial charge in [-0.05, 0) is 24.6 Å². The van der Waals surface area contributed by atoms with E-state index in [4.69, 9.17) is 11.6 Å². The Morgan fingerprint density at radius 1 is 1.25 bits per heavy atom. The Hall–Kier alpha value is -1.92. The third-order valence-electron chi connectivity index (χ3n) is 3.27. The molecule has 0 unspecified atom stereocenters. The van der Waals surface area contributed by atoms with Crippen LogP contribution in [0.4, 0.5) is 10.8 Å². The molecule has 0 atom stereocenters. The van der Waals surface area contributed by atoms with Crippen LogP contribution in [0.3, 0.4) is 0 Å². The van der Waals surface area contributed by atoms with E-state index in [0.717, 1.165) is 5.56 Å². The van der Waals surface area contributed by atoms with Crippen molar-refractivity contribution in [2.24, 2.45) is 5.41 Å². The first kappa shape index (κ1) is 18.4. The van der Waals surface area contributed by atoms with Gasteiger partial charge in [0.15, 0.2) is 5.13 Å². The molecule has 1 aromatic carbocycles. The van der Waals surface area contributed by atoms with Crippen LogP contribution in [0.5, 0.6) is 0 Å². The second kappa shape index (κ2) is 7.32. The van der Waals surface area contributed by atoms with Gasteiger partial charge < -0.3 is 10.6 Å². The summed E-state index contributed by atoms with van der Waals surface area (Å²) >= 11 is 7.25. The van der Waals surface area contributed by atoms with Gasteiger partial charge in [-0.3, -0.25) is 9.59 Å². The summed E-state index contributed by atoms with van der Waals surface area (Å²) < 4.78 is 0. The molecule has 0 spiro atoms. The van der Waals surface area contributed by atoms with Crippen molar-refractivity contribution in [2.75, 3.05) is 10.6 Å². The Bertz CT molecular complexity index is 765. The lowest BCUT2D eigenvalue weighted by atomic mass is 9.96. The molecule has 0 aliphatic heterocycles. The van der Waals surface area contributed by atoms with Crippen molar-refractivity contribution in [3.8, 4) is 0 Å². The fourth-order valence-electron chi connectivity index (χ4n) is 1.82. The average Bonchev–Trinajstić information content (AvgIpc) is 2.89. The van der Waals surface area contributed by atoms with Gasteiger partial charge in [0.25, 0.3) is 0 Å². The minimum Gasteiger partial charge on any atom is -0.325 e. The van der Waals surface area contributed by atoms with E-state index in [1.54, 1.807) is 17.5 Å². The van der Waals surface area contributed by atoms with Crippen molar-refractivity contribution in [3.05, 3.63) is 39.9 Å². The maximum absolute atomic E-state index is 12.2. The van der Waals surface area contributed by atoms with E-state index in [1.807, 2.05) is 33.8 Å². The molecular formula is C17H20ClN3O2S. The average molecular weight is 366 g/mol. The van der Waals surface area contributed by atoms with Gasteiger partial charge in [-0.25, -0.2) is 4.98 Å². The maximum atomic E-state index is 12.2. The molecule has 2 N–H and O–H groups in total. The summed E-state index contributed by atoms with van der Waals surface area (Å²) in [6.45, 7) is 7.39. The summed E-state index contributed by atoms with van der Waals surface area (Å²) in [5, 5.41) is 8.42. The van der Waals surface area contributed by atoms with Crippen LogP contribution in [0.25, 0.3) is 0 Å². The predicted molar refractivity (Wildman–Crippen MR) is 98.7 cm³/mol.